The third-order valence-corrected chi connectivity index (χ3v) is 14.8. The van der Waals surface area contributed by atoms with Gasteiger partial charge in [-0.05, 0) is 90.3 Å². The SMILES string of the molecule is C[C@@H]1CN(c2ccc(C(=O)NS(=O)(=O)c3ccc(NCC4COCCO4)c([N+](=O)[O-])c3)c(Oc3cnc4[nH]ccc4c3)c2)CCN1CC1=C(c2ccc(Cl)cc2)CC(C)(C)C(C)(C)C1. The van der Waals surface area contributed by atoms with Crippen LogP contribution in [0.5, 0.6) is 11.5 Å². The molecule has 3 aromatic carbocycles. The van der Waals surface area contributed by atoms with Crippen LogP contribution in [0, 0.1) is 20.9 Å². The maximum Gasteiger partial charge on any atom is 0.293 e. The molecule has 0 bridgehead atoms. The van der Waals surface area contributed by atoms with E-state index < -0.39 is 31.4 Å². The molecule has 2 fully saturated rings. The van der Waals surface area contributed by atoms with E-state index in [0.717, 1.165) is 48.1 Å². The van der Waals surface area contributed by atoms with E-state index in [4.69, 9.17) is 25.8 Å². The van der Waals surface area contributed by atoms with Crippen LogP contribution in [0.1, 0.15) is 63.4 Å². The van der Waals surface area contributed by atoms with E-state index in [2.05, 4.69) is 76.6 Å². The van der Waals surface area contributed by atoms with E-state index in [9.17, 15) is 23.3 Å². The lowest BCUT2D eigenvalue weighted by Crippen LogP contribution is -2.53. The van der Waals surface area contributed by atoms with Gasteiger partial charge in [0.1, 0.15) is 22.8 Å². The van der Waals surface area contributed by atoms with Gasteiger partial charge >= 0.3 is 0 Å². The van der Waals surface area contributed by atoms with Gasteiger partial charge in [-0.2, -0.15) is 0 Å². The maximum absolute atomic E-state index is 14.0. The highest BCUT2D eigenvalue weighted by Gasteiger charge is 2.43. The van der Waals surface area contributed by atoms with E-state index in [0.29, 0.717) is 44.3 Å². The van der Waals surface area contributed by atoms with Crippen molar-refractivity contribution in [1.29, 1.82) is 0 Å². The van der Waals surface area contributed by atoms with Gasteiger partial charge in [0.15, 0.2) is 0 Å². The van der Waals surface area contributed by atoms with Crippen molar-refractivity contribution in [3.05, 3.63) is 117 Å². The van der Waals surface area contributed by atoms with Gasteiger partial charge in [-0.25, -0.2) is 18.1 Å². The van der Waals surface area contributed by atoms with Crippen LogP contribution < -0.4 is 19.7 Å². The van der Waals surface area contributed by atoms with Crippen molar-refractivity contribution < 1.29 is 32.3 Å². The summed E-state index contributed by atoms with van der Waals surface area (Å²) in [5, 5.41) is 16.5. The number of nitro groups is 1. The Morgan fingerprint density at radius 3 is 2.53 bits per heavy atom. The molecule has 1 unspecified atom stereocenters. The van der Waals surface area contributed by atoms with E-state index in [1.165, 1.54) is 41.1 Å². The first-order valence-corrected chi connectivity index (χ1v) is 23.3. The average Bonchev–Trinajstić information content (AvgIpc) is 3.73. The molecule has 3 N–H and O–H groups in total. The summed E-state index contributed by atoms with van der Waals surface area (Å²) < 4.78 is 46.9. The van der Waals surface area contributed by atoms with Gasteiger partial charge in [0.05, 0.1) is 47.5 Å². The number of ether oxygens (including phenoxy) is 3. The standard InChI is InChI=1S/C47H54ClN7O8S/c1-30-27-54(17-16-53(30)28-33-23-46(2,3)47(4,5)24-40(33)31-6-8-34(48)9-7-31)35-10-12-39(43(21-35)63-36-20-32-14-15-49-44(32)51-25-36)45(56)52-64(59,60)38-11-13-41(42(22-38)55(57)58)50-26-37-29-61-18-19-62-37/h6-15,20-22,25,30,37,50H,16-19,23-24,26-29H2,1-5H3,(H,49,51)(H,52,56)/t30-,37?/m1/s1. The summed E-state index contributed by atoms with van der Waals surface area (Å²) in [5.74, 6) is -0.522. The normalized spacial score (nSPS) is 20.2. The Labute approximate surface area is 378 Å². The molecular formula is C47H54ClN7O8S. The number of H-pyrrole nitrogens is 1. The topological polar surface area (TPSA) is 181 Å². The first-order valence-electron chi connectivity index (χ1n) is 21.5. The fraction of sp³-hybridized carbons (Fsp3) is 0.404. The molecule has 1 amide bonds. The number of carbonyl (C=O) groups excluding carboxylic acids is 1. The van der Waals surface area contributed by atoms with Crippen LogP contribution in [-0.2, 0) is 19.5 Å². The number of fused-ring (bicyclic) bond motifs is 1. The number of carbonyl (C=O) groups is 1. The summed E-state index contributed by atoms with van der Waals surface area (Å²) in [7, 11) is -4.59. The van der Waals surface area contributed by atoms with Gasteiger partial charge in [0.2, 0.25) is 0 Å². The molecule has 2 saturated heterocycles. The highest BCUT2D eigenvalue weighted by molar-refractivity contribution is 7.90. The van der Waals surface area contributed by atoms with Gasteiger partial charge in [-0.15, -0.1) is 0 Å². The van der Waals surface area contributed by atoms with E-state index >= 15 is 0 Å². The fourth-order valence-corrected chi connectivity index (χ4v) is 9.79. The highest BCUT2D eigenvalue weighted by atomic mass is 35.5. The van der Waals surface area contributed by atoms with E-state index in [1.54, 1.807) is 24.4 Å². The number of hydrogen-bond donors (Lipinski definition) is 3. The number of hydrogen-bond acceptors (Lipinski definition) is 12. The number of aromatic amines is 1. The monoisotopic (exact) mass is 911 g/mol. The van der Waals surface area contributed by atoms with Gasteiger partial charge in [-0.3, -0.25) is 19.8 Å². The second kappa shape index (κ2) is 18.2. The molecule has 4 heterocycles. The second-order valence-corrected chi connectivity index (χ2v) is 20.3. The molecule has 3 aliphatic rings. The number of allylic oxidation sites excluding steroid dienone is 1. The second-order valence-electron chi connectivity index (χ2n) is 18.2. The predicted octanol–water partition coefficient (Wildman–Crippen LogP) is 8.67. The van der Waals surface area contributed by atoms with Crippen LogP contribution in [0.15, 0.2) is 95.7 Å². The summed E-state index contributed by atoms with van der Waals surface area (Å²) in [6.07, 6.45) is 4.91. The number of amides is 1. The zero-order valence-corrected chi connectivity index (χ0v) is 38.2. The summed E-state index contributed by atoms with van der Waals surface area (Å²) in [6.45, 7) is 16.1. The number of piperazine rings is 1. The van der Waals surface area contributed by atoms with Crippen LogP contribution in [0.3, 0.4) is 0 Å². The summed E-state index contributed by atoms with van der Waals surface area (Å²) in [4.78, 5) is 37.2. The minimum Gasteiger partial charge on any atom is -0.455 e. The Kier molecular flexibility index (Phi) is 12.8. The number of nitrogens with one attached hydrogen (secondary N) is 3. The van der Waals surface area contributed by atoms with Gasteiger partial charge < -0.3 is 29.4 Å². The van der Waals surface area contributed by atoms with Crippen LogP contribution in [0.4, 0.5) is 17.1 Å². The van der Waals surface area contributed by atoms with Gasteiger partial charge in [0.25, 0.3) is 21.6 Å². The zero-order chi connectivity index (χ0) is 45.4. The number of aromatic nitrogens is 2. The molecule has 17 heteroatoms. The predicted molar refractivity (Wildman–Crippen MR) is 248 cm³/mol. The summed E-state index contributed by atoms with van der Waals surface area (Å²) in [6, 6.07) is 20.4. The van der Waals surface area contributed by atoms with E-state index in [-0.39, 0.29) is 46.5 Å². The first kappa shape index (κ1) is 45.1. The van der Waals surface area contributed by atoms with Crippen LogP contribution in [0.2, 0.25) is 5.02 Å². The fourth-order valence-electron chi connectivity index (χ4n) is 8.68. The number of anilines is 2. The first-order chi connectivity index (χ1) is 30.5. The highest BCUT2D eigenvalue weighted by Crippen LogP contribution is 2.54. The molecular weight excluding hydrogens is 858 g/mol. The van der Waals surface area contributed by atoms with Crippen molar-refractivity contribution in [2.24, 2.45) is 10.8 Å². The van der Waals surface area contributed by atoms with Crippen LogP contribution in [-0.4, -0.2) is 98.8 Å². The Bertz CT molecular complexity index is 2700. The number of pyridine rings is 1. The molecule has 0 radical (unpaired) electrons. The molecule has 64 heavy (non-hydrogen) atoms. The molecule has 2 aliphatic heterocycles. The molecule has 2 atom stereocenters. The van der Waals surface area contributed by atoms with Crippen molar-refractivity contribution in [3.63, 3.8) is 0 Å². The Balaban J connectivity index is 1.03. The van der Waals surface area contributed by atoms with Crippen LogP contribution in [0.25, 0.3) is 16.6 Å². The molecule has 2 aromatic heterocycles. The number of rotatable bonds is 13. The summed E-state index contributed by atoms with van der Waals surface area (Å²) in [5.41, 5.74) is 5.28. The van der Waals surface area contributed by atoms with Crippen molar-refractivity contribution in [3.8, 4) is 11.5 Å². The number of sulfonamides is 1. The number of nitro benzene ring substituents is 1. The lowest BCUT2D eigenvalue weighted by atomic mass is 9.57. The zero-order valence-electron chi connectivity index (χ0n) is 36.6. The maximum atomic E-state index is 14.0. The molecule has 1 aliphatic carbocycles. The lowest BCUT2D eigenvalue weighted by molar-refractivity contribution is -0.384. The average molecular weight is 913 g/mol. The summed E-state index contributed by atoms with van der Waals surface area (Å²) >= 11 is 6.30. The van der Waals surface area contributed by atoms with Crippen molar-refractivity contribution in [2.75, 3.05) is 62.8 Å². The smallest absolute Gasteiger partial charge is 0.293 e. The third kappa shape index (κ3) is 9.76. The van der Waals surface area contributed by atoms with Crippen molar-refractivity contribution in [2.45, 2.75) is 64.5 Å². The van der Waals surface area contributed by atoms with Crippen molar-refractivity contribution >= 4 is 61.2 Å². The molecule has 15 nitrogen and oxygen atoms in total. The quantitative estimate of drug-likeness (QED) is 0.0757. The molecule has 0 saturated carbocycles. The van der Waals surface area contributed by atoms with Crippen LogP contribution >= 0.6 is 11.6 Å². The van der Waals surface area contributed by atoms with Gasteiger partial charge in [0, 0.05) is 73.2 Å². The third-order valence-electron chi connectivity index (χ3n) is 13.2. The Morgan fingerprint density at radius 2 is 1.80 bits per heavy atom. The Hall–Kier alpha value is -5.52. The molecule has 0 spiro atoms. The Morgan fingerprint density at radius 1 is 1.02 bits per heavy atom. The number of halogens is 1. The van der Waals surface area contributed by atoms with E-state index in [1.807, 2.05) is 18.2 Å². The van der Waals surface area contributed by atoms with Crippen molar-refractivity contribution in [1.82, 2.24) is 19.6 Å². The minimum atomic E-state index is -4.59. The molecule has 5 aromatic rings. The minimum absolute atomic E-state index is 0.0554. The molecule has 8 rings (SSSR count). The number of nitrogens with zero attached hydrogens (tertiary/aromatic N) is 4. The van der Waals surface area contributed by atoms with Gasteiger partial charge in [-0.1, -0.05) is 57.0 Å². The number of benzene rings is 3. The lowest BCUT2D eigenvalue weighted by Gasteiger charge is -2.49. The largest absolute Gasteiger partial charge is 0.455 e. The molecule has 338 valence electrons.